The van der Waals surface area contributed by atoms with Gasteiger partial charge in [-0.2, -0.15) is 0 Å². The summed E-state index contributed by atoms with van der Waals surface area (Å²) in [5, 5.41) is 0. The van der Waals surface area contributed by atoms with Gasteiger partial charge in [0.1, 0.15) is 5.78 Å². The van der Waals surface area contributed by atoms with Gasteiger partial charge in [0.2, 0.25) is 0 Å². The van der Waals surface area contributed by atoms with Crippen LogP contribution in [0.15, 0.2) is 0 Å². The summed E-state index contributed by atoms with van der Waals surface area (Å²) in [4.78, 5) is 11.3. The highest BCUT2D eigenvalue weighted by Gasteiger charge is 2.34. The van der Waals surface area contributed by atoms with Gasteiger partial charge in [-0.05, 0) is 25.7 Å². The van der Waals surface area contributed by atoms with Crippen molar-refractivity contribution < 1.29 is 4.79 Å². The van der Waals surface area contributed by atoms with Crippen LogP contribution in [0, 0.1) is 11.3 Å². The maximum atomic E-state index is 11.3. The van der Waals surface area contributed by atoms with E-state index in [1.165, 1.54) is 12.8 Å². The molecule has 1 rings (SSSR count). The Bertz CT molecular complexity index is 162. The van der Waals surface area contributed by atoms with Crippen LogP contribution in [-0.4, -0.2) is 5.78 Å². The number of rotatable bonds is 1. The van der Waals surface area contributed by atoms with E-state index in [1.807, 2.05) is 0 Å². The zero-order valence-electron chi connectivity index (χ0n) is 7.81. The fraction of sp³-hybridized carbons (Fsp3) is 0.900. The Hall–Kier alpha value is -0.330. The van der Waals surface area contributed by atoms with Crippen molar-refractivity contribution in [1.82, 2.24) is 0 Å². The minimum absolute atomic E-state index is 0.0116. The highest BCUT2D eigenvalue weighted by molar-refractivity contribution is 5.81. The van der Waals surface area contributed by atoms with Gasteiger partial charge >= 0.3 is 0 Å². The van der Waals surface area contributed by atoms with Crippen molar-refractivity contribution in [3.63, 3.8) is 0 Å². The van der Waals surface area contributed by atoms with Crippen molar-refractivity contribution in [2.45, 2.75) is 46.5 Å². The SMILES string of the molecule is CC(=O)[C@@]1(C)CCC[C@@H](C)C1. The summed E-state index contributed by atoms with van der Waals surface area (Å²) in [6.45, 7) is 6.10. The first-order valence-corrected chi connectivity index (χ1v) is 4.56. The minimum atomic E-state index is 0.0116. The van der Waals surface area contributed by atoms with Crippen molar-refractivity contribution in [2.75, 3.05) is 0 Å². The second kappa shape index (κ2) is 2.96. The average molecular weight is 154 g/mol. The van der Waals surface area contributed by atoms with Gasteiger partial charge in [0.15, 0.2) is 0 Å². The standard InChI is InChI=1S/C10H18O/c1-8-5-4-6-10(3,7-8)9(2)11/h8H,4-7H2,1-3H3/t8-,10+/m1/s1. The number of Topliss-reactive ketones (excluding diaryl/α,β-unsaturated/α-hetero) is 1. The Balaban J connectivity index is 2.63. The lowest BCUT2D eigenvalue weighted by Gasteiger charge is -2.34. The van der Waals surface area contributed by atoms with Gasteiger partial charge in [-0.1, -0.05) is 26.7 Å². The molecule has 0 aliphatic heterocycles. The van der Waals surface area contributed by atoms with Gasteiger partial charge in [0.05, 0.1) is 0 Å². The van der Waals surface area contributed by atoms with E-state index in [0.717, 1.165) is 18.8 Å². The molecule has 1 aliphatic carbocycles. The molecule has 2 atom stereocenters. The summed E-state index contributed by atoms with van der Waals surface area (Å²) in [6, 6.07) is 0. The van der Waals surface area contributed by atoms with Gasteiger partial charge in [0.25, 0.3) is 0 Å². The molecule has 0 spiro atoms. The average Bonchev–Trinajstić information content (AvgIpc) is 1.86. The molecule has 0 aromatic rings. The zero-order chi connectivity index (χ0) is 8.48. The van der Waals surface area contributed by atoms with Crippen LogP contribution in [0.2, 0.25) is 0 Å². The van der Waals surface area contributed by atoms with Crippen molar-refractivity contribution in [3.8, 4) is 0 Å². The predicted molar refractivity (Wildman–Crippen MR) is 46.4 cm³/mol. The highest BCUT2D eigenvalue weighted by Crippen LogP contribution is 2.39. The molecule has 0 unspecified atom stereocenters. The molecule has 0 amide bonds. The number of ketones is 1. The van der Waals surface area contributed by atoms with Crippen LogP contribution in [0.4, 0.5) is 0 Å². The van der Waals surface area contributed by atoms with Crippen LogP contribution in [0.1, 0.15) is 46.5 Å². The summed E-state index contributed by atoms with van der Waals surface area (Å²) in [7, 11) is 0. The molecule has 1 aliphatic rings. The highest BCUT2D eigenvalue weighted by atomic mass is 16.1. The Morgan fingerprint density at radius 3 is 2.55 bits per heavy atom. The van der Waals surface area contributed by atoms with E-state index in [1.54, 1.807) is 6.92 Å². The van der Waals surface area contributed by atoms with E-state index in [9.17, 15) is 4.79 Å². The van der Waals surface area contributed by atoms with Gasteiger partial charge in [0, 0.05) is 5.41 Å². The molecule has 64 valence electrons. The lowest BCUT2D eigenvalue weighted by Crippen LogP contribution is -2.31. The zero-order valence-corrected chi connectivity index (χ0v) is 7.81. The third kappa shape index (κ3) is 1.82. The van der Waals surface area contributed by atoms with E-state index in [-0.39, 0.29) is 5.41 Å². The van der Waals surface area contributed by atoms with E-state index in [2.05, 4.69) is 13.8 Å². The fourth-order valence-corrected chi connectivity index (χ4v) is 2.13. The third-order valence-corrected chi connectivity index (χ3v) is 3.07. The summed E-state index contributed by atoms with van der Waals surface area (Å²) in [5.74, 6) is 1.13. The van der Waals surface area contributed by atoms with E-state index in [4.69, 9.17) is 0 Å². The molecule has 0 aromatic carbocycles. The molecule has 1 fully saturated rings. The summed E-state index contributed by atoms with van der Waals surface area (Å²) in [5.41, 5.74) is 0.0116. The number of hydrogen-bond donors (Lipinski definition) is 0. The molecule has 1 heteroatoms. The van der Waals surface area contributed by atoms with E-state index >= 15 is 0 Å². The second-order valence-corrected chi connectivity index (χ2v) is 4.32. The van der Waals surface area contributed by atoms with Gasteiger partial charge in [-0.3, -0.25) is 4.79 Å². The molecule has 0 heterocycles. The summed E-state index contributed by atoms with van der Waals surface area (Å²) in [6.07, 6.45) is 4.75. The Morgan fingerprint density at radius 2 is 2.18 bits per heavy atom. The largest absolute Gasteiger partial charge is 0.299 e. The summed E-state index contributed by atoms with van der Waals surface area (Å²) >= 11 is 0. The molecule has 0 radical (unpaired) electrons. The lowest BCUT2D eigenvalue weighted by atomic mass is 9.69. The smallest absolute Gasteiger partial charge is 0.135 e. The van der Waals surface area contributed by atoms with E-state index in [0.29, 0.717) is 5.78 Å². The first kappa shape index (κ1) is 8.76. The topological polar surface area (TPSA) is 17.1 Å². The first-order valence-electron chi connectivity index (χ1n) is 4.56. The Kier molecular flexibility index (Phi) is 2.36. The van der Waals surface area contributed by atoms with Gasteiger partial charge in [-0.15, -0.1) is 0 Å². The van der Waals surface area contributed by atoms with Crippen molar-refractivity contribution in [1.29, 1.82) is 0 Å². The molecular formula is C10H18O. The van der Waals surface area contributed by atoms with Crippen molar-refractivity contribution in [3.05, 3.63) is 0 Å². The molecule has 0 bridgehead atoms. The minimum Gasteiger partial charge on any atom is -0.299 e. The Labute approximate surface area is 69.2 Å². The predicted octanol–water partition coefficient (Wildman–Crippen LogP) is 2.79. The lowest BCUT2D eigenvalue weighted by molar-refractivity contribution is -0.128. The van der Waals surface area contributed by atoms with Crippen LogP contribution in [-0.2, 0) is 4.79 Å². The molecule has 0 aromatic heterocycles. The number of hydrogen-bond acceptors (Lipinski definition) is 1. The normalized spacial score (nSPS) is 38.6. The van der Waals surface area contributed by atoms with Crippen LogP contribution >= 0.6 is 0 Å². The number of carbonyl (C=O) groups excluding carboxylic acids is 1. The van der Waals surface area contributed by atoms with E-state index < -0.39 is 0 Å². The molecule has 1 saturated carbocycles. The fourth-order valence-electron chi connectivity index (χ4n) is 2.13. The van der Waals surface area contributed by atoms with Crippen LogP contribution < -0.4 is 0 Å². The van der Waals surface area contributed by atoms with Crippen molar-refractivity contribution in [2.24, 2.45) is 11.3 Å². The molecule has 0 saturated heterocycles. The monoisotopic (exact) mass is 154 g/mol. The quantitative estimate of drug-likeness (QED) is 0.567. The first-order chi connectivity index (χ1) is 5.04. The second-order valence-electron chi connectivity index (χ2n) is 4.32. The van der Waals surface area contributed by atoms with Crippen LogP contribution in [0.25, 0.3) is 0 Å². The van der Waals surface area contributed by atoms with Crippen molar-refractivity contribution >= 4 is 5.78 Å². The number of carbonyl (C=O) groups is 1. The Morgan fingerprint density at radius 1 is 1.55 bits per heavy atom. The maximum Gasteiger partial charge on any atom is 0.135 e. The van der Waals surface area contributed by atoms with Crippen LogP contribution in [0.3, 0.4) is 0 Å². The molecule has 11 heavy (non-hydrogen) atoms. The third-order valence-electron chi connectivity index (χ3n) is 3.07. The summed E-state index contributed by atoms with van der Waals surface area (Å²) < 4.78 is 0. The van der Waals surface area contributed by atoms with Gasteiger partial charge < -0.3 is 0 Å². The van der Waals surface area contributed by atoms with Gasteiger partial charge in [-0.25, -0.2) is 0 Å². The maximum absolute atomic E-state index is 11.3. The molecular weight excluding hydrogens is 136 g/mol. The van der Waals surface area contributed by atoms with Crippen LogP contribution in [0.5, 0.6) is 0 Å². The molecule has 1 nitrogen and oxygen atoms in total. The molecule has 0 N–H and O–H groups in total.